The molecule has 1 aliphatic carbocycles. The Labute approximate surface area is 224 Å². The van der Waals surface area contributed by atoms with E-state index in [-0.39, 0.29) is 12.0 Å². The van der Waals surface area contributed by atoms with E-state index >= 15 is 0 Å². The van der Waals surface area contributed by atoms with Gasteiger partial charge < -0.3 is 19.1 Å². The molecule has 1 amide bonds. The van der Waals surface area contributed by atoms with E-state index in [1.165, 1.54) is 24.0 Å². The molecule has 0 bridgehead atoms. The average molecular weight is 523 g/mol. The van der Waals surface area contributed by atoms with Crippen LogP contribution >= 0.6 is 11.3 Å². The minimum absolute atomic E-state index is 0.00293. The summed E-state index contributed by atoms with van der Waals surface area (Å²) < 4.78 is 17.2. The molecule has 1 aromatic heterocycles. The Morgan fingerprint density at radius 1 is 1.05 bits per heavy atom. The summed E-state index contributed by atoms with van der Waals surface area (Å²) in [5, 5.41) is 0.901. The molecule has 0 saturated heterocycles. The predicted molar refractivity (Wildman–Crippen MR) is 149 cm³/mol. The van der Waals surface area contributed by atoms with Crippen LogP contribution in [0.3, 0.4) is 0 Å². The Morgan fingerprint density at radius 2 is 1.73 bits per heavy atom. The van der Waals surface area contributed by atoms with Crippen LogP contribution in [0.25, 0.3) is 10.4 Å². The van der Waals surface area contributed by atoms with Crippen LogP contribution < -0.4 is 14.2 Å². The van der Waals surface area contributed by atoms with Crippen LogP contribution in [0.2, 0.25) is 0 Å². The summed E-state index contributed by atoms with van der Waals surface area (Å²) >= 11 is 1.59. The number of amides is 1. The molecule has 0 spiro atoms. The smallest absolute Gasteiger partial charge is 0.274 e. The molecule has 6 nitrogen and oxygen atoms in total. The van der Waals surface area contributed by atoms with Gasteiger partial charge in [-0.2, -0.15) is 0 Å². The topological polar surface area (TPSA) is 60.9 Å². The Balaban J connectivity index is 1.60. The van der Waals surface area contributed by atoms with E-state index in [0.29, 0.717) is 41.8 Å². The zero-order valence-electron chi connectivity index (χ0n) is 23.0. The predicted octanol–water partition coefficient (Wildman–Crippen LogP) is 6.63. The van der Waals surface area contributed by atoms with Crippen molar-refractivity contribution >= 4 is 17.2 Å². The lowest BCUT2D eigenvalue weighted by atomic mass is 10.0. The third-order valence-corrected chi connectivity index (χ3v) is 7.73. The summed E-state index contributed by atoms with van der Waals surface area (Å²) in [4.78, 5) is 21.5. The van der Waals surface area contributed by atoms with Gasteiger partial charge in [-0.1, -0.05) is 18.2 Å². The number of aryl methyl sites for hydroxylation is 3. The Bertz CT molecular complexity index is 1240. The van der Waals surface area contributed by atoms with E-state index in [2.05, 4.69) is 32.0 Å². The van der Waals surface area contributed by atoms with Crippen LogP contribution in [0.15, 0.2) is 30.3 Å². The highest BCUT2D eigenvalue weighted by Gasteiger charge is 2.30. The van der Waals surface area contributed by atoms with Gasteiger partial charge in [-0.05, 0) is 94.2 Å². The van der Waals surface area contributed by atoms with Crippen molar-refractivity contribution < 1.29 is 19.0 Å². The molecule has 1 saturated carbocycles. The summed E-state index contributed by atoms with van der Waals surface area (Å²) in [6.07, 6.45) is 3.02. The number of rotatable bonds is 11. The summed E-state index contributed by atoms with van der Waals surface area (Å²) in [6.45, 7) is 11.5. The molecule has 7 heteroatoms. The van der Waals surface area contributed by atoms with Crippen molar-refractivity contribution in [3.8, 4) is 27.7 Å². The number of thiazole rings is 1. The third-order valence-electron chi connectivity index (χ3n) is 6.71. The summed E-state index contributed by atoms with van der Waals surface area (Å²) in [5.41, 5.74) is 5.09. The second kappa shape index (κ2) is 11.5. The van der Waals surface area contributed by atoms with Crippen molar-refractivity contribution in [2.45, 2.75) is 60.0 Å². The summed E-state index contributed by atoms with van der Waals surface area (Å²) in [5.74, 6) is 2.44. The van der Waals surface area contributed by atoms with E-state index < -0.39 is 0 Å². The number of carbonyl (C=O) groups is 1. The molecule has 1 heterocycles. The number of methoxy groups -OCH3 is 2. The largest absolute Gasteiger partial charge is 0.493 e. The highest BCUT2D eigenvalue weighted by molar-refractivity contribution is 7.15. The molecule has 4 rings (SSSR count). The number of aromatic nitrogens is 1. The molecule has 0 radical (unpaired) electrons. The minimum atomic E-state index is -0.00612. The molecular weight excluding hydrogens is 484 g/mol. The number of nitrogens with zero attached hydrogens (tertiary/aromatic N) is 2. The second-order valence-corrected chi connectivity index (χ2v) is 11.4. The maximum atomic E-state index is 13.9. The molecule has 198 valence electrons. The quantitative estimate of drug-likeness (QED) is 0.283. The molecule has 0 unspecified atom stereocenters. The fraction of sp³-hybridized carbons (Fsp3) is 0.467. The normalized spacial score (nSPS) is 13.1. The van der Waals surface area contributed by atoms with Crippen molar-refractivity contribution in [2.24, 2.45) is 5.92 Å². The van der Waals surface area contributed by atoms with Crippen molar-refractivity contribution in [1.82, 2.24) is 9.88 Å². The van der Waals surface area contributed by atoms with Gasteiger partial charge in [0.25, 0.3) is 5.91 Å². The Morgan fingerprint density at radius 3 is 2.30 bits per heavy atom. The van der Waals surface area contributed by atoms with Crippen LogP contribution in [0, 0.1) is 26.7 Å². The van der Waals surface area contributed by atoms with Crippen LogP contribution in [0.4, 0.5) is 0 Å². The highest BCUT2D eigenvalue weighted by atomic mass is 32.1. The standard InChI is InChI=1S/C30H38N2O4S/c1-18(2)36-28-25(34-6)15-23(16-26(28)35-7)12-13-32(17-22-9-10-22)30(33)27-29(37-21(5)31-27)24-11-8-19(3)20(4)14-24/h8,11,14-16,18,22H,9-10,12-13,17H2,1-7H3. The molecular formula is C30H38N2O4S. The molecule has 2 aromatic carbocycles. The maximum absolute atomic E-state index is 13.9. The van der Waals surface area contributed by atoms with Crippen molar-refractivity contribution in [1.29, 1.82) is 0 Å². The SMILES string of the molecule is COc1cc(CCN(CC2CC2)C(=O)c2nc(C)sc2-c2ccc(C)c(C)c2)cc(OC)c1OC(C)C. The second-order valence-electron chi connectivity index (χ2n) is 10.2. The van der Waals surface area contributed by atoms with Crippen molar-refractivity contribution in [3.63, 3.8) is 0 Å². The van der Waals surface area contributed by atoms with E-state index in [1.54, 1.807) is 25.6 Å². The van der Waals surface area contributed by atoms with Crippen LogP contribution in [-0.4, -0.2) is 49.2 Å². The number of carbonyl (C=O) groups excluding carboxylic acids is 1. The Kier molecular flexibility index (Phi) is 8.42. The summed E-state index contributed by atoms with van der Waals surface area (Å²) in [7, 11) is 3.26. The van der Waals surface area contributed by atoms with Crippen LogP contribution in [0.1, 0.15) is 58.9 Å². The average Bonchev–Trinajstić information content (AvgIpc) is 3.61. The van der Waals surface area contributed by atoms with Gasteiger partial charge in [-0.15, -0.1) is 11.3 Å². The number of ether oxygens (including phenoxy) is 3. The first-order chi connectivity index (χ1) is 17.7. The van der Waals surface area contributed by atoms with E-state index in [4.69, 9.17) is 19.2 Å². The zero-order valence-corrected chi connectivity index (χ0v) is 23.8. The first kappa shape index (κ1) is 27.0. The lowest BCUT2D eigenvalue weighted by Crippen LogP contribution is -2.35. The molecule has 0 aliphatic heterocycles. The molecule has 1 aliphatic rings. The molecule has 3 aromatic rings. The first-order valence-electron chi connectivity index (χ1n) is 13.0. The van der Waals surface area contributed by atoms with E-state index in [0.717, 1.165) is 27.6 Å². The van der Waals surface area contributed by atoms with Crippen molar-refractivity contribution in [2.75, 3.05) is 27.3 Å². The minimum Gasteiger partial charge on any atom is -0.493 e. The van der Waals surface area contributed by atoms with Crippen LogP contribution in [-0.2, 0) is 6.42 Å². The zero-order chi connectivity index (χ0) is 26.7. The Hall–Kier alpha value is -3.06. The third kappa shape index (κ3) is 6.45. The lowest BCUT2D eigenvalue weighted by molar-refractivity contribution is 0.0745. The van der Waals surface area contributed by atoms with E-state index in [9.17, 15) is 4.79 Å². The maximum Gasteiger partial charge on any atom is 0.274 e. The van der Waals surface area contributed by atoms with Gasteiger partial charge in [0.2, 0.25) is 5.75 Å². The fourth-order valence-corrected chi connectivity index (χ4v) is 5.29. The van der Waals surface area contributed by atoms with Gasteiger partial charge in [0.1, 0.15) is 5.69 Å². The van der Waals surface area contributed by atoms with E-state index in [1.807, 2.05) is 37.8 Å². The van der Waals surface area contributed by atoms with Gasteiger partial charge in [-0.25, -0.2) is 4.98 Å². The summed E-state index contributed by atoms with van der Waals surface area (Å²) in [6, 6.07) is 10.3. The van der Waals surface area contributed by atoms with Crippen molar-refractivity contribution in [3.05, 3.63) is 57.7 Å². The molecule has 0 N–H and O–H groups in total. The number of benzene rings is 2. The van der Waals surface area contributed by atoms with Crippen LogP contribution in [0.5, 0.6) is 17.2 Å². The van der Waals surface area contributed by atoms with Gasteiger partial charge in [-0.3, -0.25) is 4.79 Å². The number of hydrogen-bond acceptors (Lipinski definition) is 6. The molecule has 1 fully saturated rings. The van der Waals surface area contributed by atoms with Gasteiger partial charge in [0.05, 0.1) is 30.2 Å². The first-order valence-corrected chi connectivity index (χ1v) is 13.8. The monoisotopic (exact) mass is 522 g/mol. The molecule has 37 heavy (non-hydrogen) atoms. The lowest BCUT2D eigenvalue weighted by Gasteiger charge is -2.23. The number of hydrogen-bond donors (Lipinski definition) is 0. The fourth-order valence-electron chi connectivity index (χ4n) is 4.38. The highest BCUT2D eigenvalue weighted by Crippen LogP contribution is 2.40. The molecule has 0 atom stereocenters. The van der Waals surface area contributed by atoms with Gasteiger partial charge >= 0.3 is 0 Å². The van der Waals surface area contributed by atoms with Gasteiger partial charge in [0.15, 0.2) is 11.5 Å². The van der Waals surface area contributed by atoms with Gasteiger partial charge in [0, 0.05) is 13.1 Å².